The summed E-state index contributed by atoms with van der Waals surface area (Å²) in [5, 5.41) is 18.2. The van der Waals surface area contributed by atoms with Crippen LogP contribution in [0.4, 0.5) is 0 Å². The lowest BCUT2D eigenvalue weighted by Crippen LogP contribution is -2.39. The maximum Gasteiger partial charge on any atom is 0.325 e. The molecule has 1 aliphatic rings. The molecule has 0 unspecified atom stereocenters. The Labute approximate surface area is 102 Å². The van der Waals surface area contributed by atoms with Crippen molar-refractivity contribution >= 4 is 23.9 Å². The summed E-state index contributed by atoms with van der Waals surface area (Å²) < 4.78 is 0. The zero-order valence-electron chi connectivity index (χ0n) is 9.28. The van der Waals surface area contributed by atoms with Crippen molar-refractivity contribution in [3.63, 3.8) is 0 Å². The van der Waals surface area contributed by atoms with Crippen molar-refractivity contribution in [2.24, 2.45) is 10.4 Å². The fourth-order valence-corrected chi connectivity index (χ4v) is 1.66. The number of carboxylic acid groups (broad SMARTS) is 2. The summed E-state index contributed by atoms with van der Waals surface area (Å²) in [6.45, 7) is 0. The van der Waals surface area contributed by atoms with Crippen LogP contribution in [-0.2, 0) is 9.59 Å². The highest BCUT2D eigenvalue weighted by Crippen LogP contribution is 2.32. The summed E-state index contributed by atoms with van der Waals surface area (Å²) in [5.41, 5.74) is -1.26. The second kappa shape index (κ2) is 4.40. The molecule has 0 aromatic carbocycles. The molecule has 0 saturated carbocycles. The maximum absolute atomic E-state index is 11.2. The van der Waals surface area contributed by atoms with Gasteiger partial charge in [0.15, 0.2) is 5.41 Å². The highest BCUT2D eigenvalue weighted by molar-refractivity contribution is 6.05. The van der Waals surface area contributed by atoms with Crippen LogP contribution in [0, 0.1) is 5.41 Å². The third-order valence-electron chi connectivity index (χ3n) is 2.72. The van der Waals surface area contributed by atoms with Crippen molar-refractivity contribution in [3.05, 3.63) is 36.2 Å². The first kappa shape index (κ1) is 12.0. The summed E-state index contributed by atoms with van der Waals surface area (Å²) in [7, 11) is 0. The van der Waals surface area contributed by atoms with Crippen LogP contribution in [0.25, 0.3) is 5.70 Å². The zero-order chi connectivity index (χ0) is 13.2. The number of rotatable bonds is 3. The van der Waals surface area contributed by atoms with Gasteiger partial charge in [-0.1, -0.05) is 6.07 Å². The van der Waals surface area contributed by atoms with E-state index in [2.05, 4.69) is 9.98 Å². The van der Waals surface area contributed by atoms with E-state index in [1.165, 1.54) is 12.4 Å². The van der Waals surface area contributed by atoms with Crippen LogP contribution in [0.15, 0.2) is 35.5 Å². The van der Waals surface area contributed by atoms with Crippen molar-refractivity contribution in [3.8, 4) is 0 Å². The van der Waals surface area contributed by atoms with E-state index in [4.69, 9.17) is 10.2 Å². The summed E-state index contributed by atoms with van der Waals surface area (Å²) in [5.74, 6) is -2.82. The largest absolute Gasteiger partial charge is 0.480 e. The predicted molar refractivity (Wildman–Crippen MR) is 63.0 cm³/mol. The number of pyridine rings is 1. The van der Waals surface area contributed by atoms with Crippen LogP contribution in [0.3, 0.4) is 0 Å². The van der Waals surface area contributed by atoms with Crippen LogP contribution in [0.2, 0.25) is 0 Å². The van der Waals surface area contributed by atoms with Crippen molar-refractivity contribution in [1.29, 1.82) is 0 Å². The third kappa shape index (κ3) is 1.88. The molecule has 0 spiro atoms. The predicted octanol–water partition coefficient (Wildman–Crippen LogP) is 1.05. The van der Waals surface area contributed by atoms with Crippen LogP contribution < -0.4 is 0 Å². The fourth-order valence-electron chi connectivity index (χ4n) is 1.66. The van der Waals surface area contributed by atoms with Crippen molar-refractivity contribution in [2.75, 3.05) is 0 Å². The van der Waals surface area contributed by atoms with Gasteiger partial charge < -0.3 is 10.2 Å². The first-order valence-electron chi connectivity index (χ1n) is 5.20. The Morgan fingerprint density at radius 3 is 2.50 bits per heavy atom. The minimum atomic E-state index is -1.96. The van der Waals surface area contributed by atoms with Gasteiger partial charge in [0.05, 0.1) is 11.4 Å². The van der Waals surface area contributed by atoms with Crippen LogP contribution in [-0.4, -0.2) is 33.4 Å². The minimum absolute atomic E-state index is 0.173. The maximum atomic E-state index is 11.2. The van der Waals surface area contributed by atoms with E-state index in [0.29, 0.717) is 5.69 Å². The molecule has 6 nitrogen and oxygen atoms in total. The molecule has 0 fully saturated rings. The molecular formula is C12H10N2O4. The smallest absolute Gasteiger partial charge is 0.325 e. The van der Waals surface area contributed by atoms with Gasteiger partial charge in [-0.2, -0.15) is 0 Å². The molecule has 92 valence electrons. The molecule has 2 heterocycles. The number of aliphatic carboxylic acids is 2. The molecule has 6 heteroatoms. The van der Waals surface area contributed by atoms with E-state index in [-0.39, 0.29) is 12.1 Å². The first-order chi connectivity index (χ1) is 8.56. The molecule has 18 heavy (non-hydrogen) atoms. The molecule has 0 bridgehead atoms. The molecule has 1 aliphatic heterocycles. The van der Waals surface area contributed by atoms with Crippen LogP contribution >= 0.6 is 0 Å². The van der Waals surface area contributed by atoms with Crippen molar-refractivity contribution in [1.82, 2.24) is 4.98 Å². The summed E-state index contributed by atoms with van der Waals surface area (Å²) in [4.78, 5) is 30.4. The Balaban J connectivity index is 2.50. The van der Waals surface area contributed by atoms with E-state index < -0.39 is 17.4 Å². The lowest BCUT2D eigenvalue weighted by atomic mass is 9.82. The molecular weight excluding hydrogens is 236 g/mol. The minimum Gasteiger partial charge on any atom is -0.480 e. The molecule has 0 radical (unpaired) electrons. The lowest BCUT2D eigenvalue weighted by Gasteiger charge is -2.22. The number of hydrogen-bond donors (Lipinski definition) is 2. The Morgan fingerprint density at radius 1 is 1.22 bits per heavy atom. The van der Waals surface area contributed by atoms with E-state index in [0.717, 1.165) is 6.08 Å². The molecule has 0 atom stereocenters. The quantitative estimate of drug-likeness (QED) is 0.776. The van der Waals surface area contributed by atoms with E-state index in [1.807, 2.05) is 0 Å². The summed E-state index contributed by atoms with van der Waals surface area (Å²) >= 11 is 0. The Kier molecular flexibility index (Phi) is 2.93. The topological polar surface area (TPSA) is 99.8 Å². The zero-order valence-corrected chi connectivity index (χ0v) is 9.28. The second-order valence-electron chi connectivity index (χ2n) is 3.84. The molecule has 1 aromatic rings. The molecule has 0 aliphatic carbocycles. The summed E-state index contributed by atoms with van der Waals surface area (Å²) in [6, 6.07) is 5.07. The number of hydrogen-bond acceptors (Lipinski definition) is 4. The van der Waals surface area contributed by atoms with Gasteiger partial charge in [-0.15, -0.1) is 0 Å². The molecule has 2 rings (SSSR count). The molecule has 1 aromatic heterocycles. The van der Waals surface area contributed by atoms with Gasteiger partial charge >= 0.3 is 11.9 Å². The SMILES string of the molecule is O=C(O)C1(C(=O)O)C=C(c2ccccn2)N=CC1. The van der Waals surface area contributed by atoms with Gasteiger partial charge in [0.2, 0.25) is 0 Å². The number of aromatic nitrogens is 1. The van der Waals surface area contributed by atoms with Gasteiger partial charge in [-0.05, 0) is 18.2 Å². The molecule has 2 N–H and O–H groups in total. The highest BCUT2D eigenvalue weighted by Gasteiger charge is 2.45. The van der Waals surface area contributed by atoms with E-state index >= 15 is 0 Å². The standard InChI is InChI=1S/C12H10N2O4/c15-10(16)12(11(17)18)4-6-14-9(7-12)8-3-1-2-5-13-8/h1-3,5-7H,4H2,(H,15,16)(H,17,18). The monoisotopic (exact) mass is 246 g/mol. The Bertz CT molecular complexity index is 534. The van der Waals surface area contributed by atoms with Crippen LogP contribution in [0.5, 0.6) is 0 Å². The van der Waals surface area contributed by atoms with Gasteiger partial charge in [-0.25, -0.2) is 0 Å². The number of aliphatic imine (C=N–C) groups is 1. The third-order valence-corrected chi connectivity index (χ3v) is 2.72. The lowest BCUT2D eigenvalue weighted by molar-refractivity contribution is -0.160. The number of carbonyl (C=O) groups is 2. The first-order valence-corrected chi connectivity index (χ1v) is 5.20. The van der Waals surface area contributed by atoms with Gasteiger partial charge in [0, 0.05) is 18.8 Å². The van der Waals surface area contributed by atoms with E-state index in [1.54, 1.807) is 18.2 Å². The van der Waals surface area contributed by atoms with Gasteiger partial charge in [0.25, 0.3) is 0 Å². The average molecular weight is 246 g/mol. The normalized spacial score (nSPS) is 17.0. The molecule has 0 amide bonds. The Morgan fingerprint density at radius 2 is 1.94 bits per heavy atom. The molecule has 0 saturated heterocycles. The fraction of sp³-hybridized carbons (Fsp3) is 0.167. The second-order valence-corrected chi connectivity index (χ2v) is 3.84. The summed E-state index contributed by atoms with van der Waals surface area (Å²) in [6.07, 6.45) is 3.80. The van der Waals surface area contributed by atoms with Crippen molar-refractivity contribution < 1.29 is 19.8 Å². The number of carboxylic acids is 2. The highest BCUT2D eigenvalue weighted by atomic mass is 16.4. The Hall–Kier alpha value is -2.50. The van der Waals surface area contributed by atoms with Crippen molar-refractivity contribution in [2.45, 2.75) is 6.42 Å². The number of nitrogens with zero attached hydrogens (tertiary/aromatic N) is 2. The average Bonchev–Trinajstić information content (AvgIpc) is 2.39. The van der Waals surface area contributed by atoms with Gasteiger partial charge in [0.1, 0.15) is 0 Å². The van der Waals surface area contributed by atoms with E-state index in [9.17, 15) is 9.59 Å². The van der Waals surface area contributed by atoms with Gasteiger partial charge in [-0.3, -0.25) is 19.6 Å². The van der Waals surface area contributed by atoms with Crippen LogP contribution in [0.1, 0.15) is 12.1 Å².